The molecule has 0 aliphatic rings. The molecule has 0 atom stereocenters. The zero-order valence-corrected chi connectivity index (χ0v) is 10.9. The van der Waals surface area contributed by atoms with Crippen molar-refractivity contribution in [1.82, 2.24) is 0 Å². The summed E-state index contributed by atoms with van der Waals surface area (Å²) in [5, 5.41) is 0. The van der Waals surface area contributed by atoms with E-state index in [0.29, 0.717) is 17.6 Å². The Morgan fingerprint density at radius 3 is 2.60 bits per heavy atom. The summed E-state index contributed by atoms with van der Waals surface area (Å²) < 4.78 is 50.3. The Morgan fingerprint density at radius 1 is 1.25 bits per heavy atom. The van der Waals surface area contributed by atoms with Crippen LogP contribution in [0.25, 0.3) is 0 Å². The number of carbonyl (C=O) groups is 1. The zero-order valence-electron chi connectivity index (χ0n) is 10.9. The van der Waals surface area contributed by atoms with Crippen LogP contribution in [0.4, 0.5) is 13.2 Å². The maximum Gasteiger partial charge on any atom is 0.411 e. The molecule has 0 aliphatic carbocycles. The van der Waals surface area contributed by atoms with E-state index in [0.717, 1.165) is 0 Å². The lowest BCUT2D eigenvalue weighted by Crippen LogP contribution is -2.18. The van der Waals surface area contributed by atoms with Crippen LogP contribution < -0.4 is 9.47 Å². The first-order chi connectivity index (χ1) is 9.48. The van der Waals surface area contributed by atoms with Crippen LogP contribution in [0.15, 0.2) is 18.2 Å². The molecule has 4 nitrogen and oxygen atoms in total. The number of carbonyl (C=O) groups excluding carboxylic acids is 1. The number of halogens is 3. The number of alkyl halides is 3. The van der Waals surface area contributed by atoms with Gasteiger partial charge in [0.1, 0.15) is 6.61 Å². The molecule has 1 rings (SSSR count). The van der Waals surface area contributed by atoms with Gasteiger partial charge in [-0.25, -0.2) is 0 Å². The van der Waals surface area contributed by atoms with Gasteiger partial charge in [0.25, 0.3) is 0 Å². The molecule has 0 spiro atoms. The lowest BCUT2D eigenvalue weighted by molar-refractivity contribution is -0.174. The Balaban J connectivity index is 2.40. The first-order valence-corrected chi connectivity index (χ1v) is 5.87. The maximum atomic E-state index is 11.8. The molecule has 0 heterocycles. The van der Waals surface area contributed by atoms with Gasteiger partial charge in [-0.3, -0.25) is 4.79 Å². The highest BCUT2D eigenvalue weighted by Gasteiger charge is 2.27. The van der Waals surface area contributed by atoms with Crippen LogP contribution in [0.1, 0.15) is 16.8 Å². The second kappa shape index (κ2) is 7.74. The van der Waals surface area contributed by atoms with E-state index in [-0.39, 0.29) is 25.4 Å². The minimum Gasteiger partial charge on any atom is -0.493 e. The molecule has 0 saturated carbocycles. The van der Waals surface area contributed by atoms with Crippen molar-refractivity contribution in [3.8, 4) is 11.5 Å². The number of para-hydroxylation sites is 1. The van der Waals surface area contributed by atoms with E-state index in [9.17, 15) is 18.0 Å². The van der Waals surface area contributed by atoms with Crippen LogP contribution in [0.2, 0.25) is 0 Å². The summed E-state index contributed by atoms with van der Waals surface area (Å²) >= 11 is 0. The van der Waals surface area contributed by atoms with Gasteiger partial charge in [0.05, 0.1) is 25.9 Å². The Bertz CT molecular complexity index is 432. The molecule has 0 aromatic heterocycles. The normalized spacial score (nSPS) is 11.2. The maximum absolute atomic E-state index is 11.8. The number of methoxy groups -OCH3 is 1. The molecule has 0 bridgehead atoms. The number of hydrogen-bond donors (Lipinski definition) is 0. The molecule has 0 N–H and O–H groups in total. The minimum absolute atomic E-state index is 0.0783. The molecule has 0 amide bonds. The molecule has 112 valence electrons. The van der Waals surface area contributed by atoms with Gasteiger partial charge in [0.2, 0.25) is 0 Å². The highest BCUT2D eigenvalue weighted by molar-refractivity contribution is 5.81. The van der Waals surface area contributed by atoms with Crippen LogP contribution in [0.5, 0.6) is 11.5 Å². The molecule has 0 radical (unpaired) electrons. The number of aldehydes is 1. The summed E-state index contributed by atoms with van der Waals surface area (Å²) in [6.07, 6.45) is -3.43. The topological polar surface area (TPSA) is 44.8 Å². The number of rotatable bonds is 8. The van der Waals surface area contributed by atoms with Crippen molar-refractivity contribution in [1.29, 1.82) is 0 Å². The third-order valence-corrected chi connectivity index (χ3v) is 2.30. The number of ether oxygens (including phenoxy) is 3. The van der Waals surface area contributed by atoms with Crippen molar-refractivity contribution in [2.75, 3.05) is 26.9 Å². The molecule has 0 aliphatic heterocycles. The van der Waals surface area contributed by atoms with E-state index in [4.69, 9.17) is 9.47 Å². The predicted octanol–water partition coefficient (Wildman–Crippen LogP) is 2.86. The van der Waals surface area contributed by atoms with Gasteiger partial charge in [-0.05, 0) is 12.1 Å². The average Bonchev–Trinajstić information content (AvgIpc) is 2.41. The Hall–Kier alpha value is -1.76. The molecule has 0 saturated heterocycles. The lowest BCUT2D eigenvalue weighted by Gasteiger charge is -2.12. The fraction of sp³-hybridized carbons (Fsp3) is 0.462. The van der Waals surface area contributed by atoms with Gasteiger partial charge in [-0.1, -0.05) is 6.07 Å². The quantitative estimate of drug-likeness (QED) is 0.546. The SMILES string of the molecule is COc1cccc(C=O)c1OCCCOCC(F)(F)F. The van der Waals surface area contributed by atoms with E-state index < -0.39 is 12.8 Å². The third kappa shape index (κ3) is 5.48. The lowest BCUT2D eigenvalue weighted by atomic mass is 10.2. The molecular weight excluding hydrogens is 277 g/mol. The van der Waals surface area contributed by atoms with Gasteiger partial charge in [-0.2, -0.15) is 13.2 Å². The van der Waals surface area contributed by atoms with Crippen molar-refractivity contribution in [3.05, 3.63) is 23.8 Å². The molecule has 20 heavy (non-hydrogen) atoms. The van der Waals surface area contributed by atoms with E-state index >= 15 is 0 Å². The van der Waals surface area contributed by atoms with Crippen LogP contribution in [-0.2, 0) is 4.74 Å². The zero-order chi connectivity index (χ0) is 15.0. The van der Waals surface area contributed by atoms with Crippen LogP contribution >= 0.6 is 0 Å². The summed E-state index contributed by atoms with van der Waals surface area (Å²) in [5.41, 5.74) is 0.320. The average molecular weight is 292 g/mol. The Morgan fingerprint density at radius 2 is 2.00 bits per heavy atom. The minimum atomic E-state index is -4.33. The highest BCUT2D eigenvalue weighted by atomic mass is 19.4. The Kier molecular flexibility index (Phi) is 6.30. The summed E-state index contributed by atoms with van der Waals surface area (Å²) in [7, 11) is 1.43. The van der Waals surface area contributed by atoms with Gasteiger partial charge in [-0.15, -0.1) is 0 Å². The highest BCUT2D eigenvalue weighted by Crippen LogP contribution is 2.30. The smallest absolute Gasteiger partial charge is 0.411 e. The standard InChI is InChI=1S/C13H15F3O4/c1-18-11-5-2-4-10(8-17)12(11)20-7-3-6-19-9-13(14,15)16/h2,4-5,8H,3,6-7,9H2,1H3. The molecular formula is C13H15F3O4. The van der Waals surface area contributed by atoms with Crippen LogP contribution in [0, 0.1) is 0 Å². The van der Waals surface area contributed by atoms with Gasteiger partial charge in [0.15, 0.2) is 17.8 Å². The van der Waals surface area contributed by atoms with Crippen LogP contribution in [-0.4, -0.2) is 39.4 Å². The van der Waals surface area contributed by atoms with Crippen molar-refractivity contribution in [2.24, 2.45) is 0 Å². The van der Waals surface area contributed by atoms with Gasteiger partial charge >= 0.3 is 6.18 Å². The number of benzene rings is 1. The monoisotopic (exact) mass is 292 g/mol. The summed E-state index contributed by atoms with van der Waals surface area (Å²) in [4.78, 5) is 10.9. The van der Waals surface area contributed by atoms with E-state index in [1.165, 1.54) is 7.11 Å². The first kappa shape index (κ1) is 16.3. The Labute approximate surface area is 114 Å². The fourth-order valence-electron chi connectivity index (χ4n) is 1.46. The largest absolute Gasteiger partial charge is 0.493 e. The van der Waals surface area contributed by atoms with E-state index in [1.54, 1.807) is 18.2 Å². The molecule has 1 aromatic carbocycles. The molecule has 0 unspecified atom stereocenters. The molecule has 0 fully saturated rings. The van der Waals surface area contributed by atoms with Gasteiger partial charge in [0, 0.05) is 6.42 Å². The fourth-order valence-corrected chi connectivity index (χ4v) is 1.46. The molecule has 1 aromatic rings. The second-order valence-electron chi connectivity index (χ2n) is 3.87. The number of hydrogen-bond acceptors (Lipinski definition) is 4. The van der Waals surface area contributed by atoms with Crippen molar-refractivity contribution in [2.45, 2.75) is 12.6 Å². The van der Waals surface area contributed by atoms with Crippen LogP contribution in [0.3, 0.4) is 0 Å². The summed E-state index contributed by atoms with van der Waals surface area (Å²) in [6.45, 7) is -1.23. The first-order valence-electron chi connectivity index (χ1n) is 5.87. The second-order valence-corrected chi connectivity index (χ2v) is 3.87. The third-order valence-electron chi connectivity index (χ3n) is 2.30. The molecule has 7 heteroatoms. The van der Waals surface area contributed by atoms with Crippen molar-refractivity contribution in [3.63, 3.8) is 0 Å². The summed E-state index contributed by atoms with van der Waals surface area (Å²) in [5.74, 6) is 0.673. The van der Waals surface area contributed by atoms with E-state index in [1.807, 2.05) is 0 Å². The summed E-state index contributed by atoms with van der Waals surface area (Å²) in [6, 6.07) is 4.83. The van der Waals surface area contributed by atoms with Crippen molar-refractivity contribution >= 4 is 6.29 Å². The predicted molar refractivity (Wildman–Crippen MR) is 65.4 cm³/mol. The van der Waals surface area contributed by atoms with Gasteiger partial charge < -0.3 is 14.2 Å². The van der Waals surface area contributed by atoms with Crippen molar-refractivity contribution < 1.29 is 32.2 Å². The van der Waals surface area contributed by atoms with E-state index in [2.05, 4.69) is 4.74 Å².